The Bertz CT molecular complexity index is 992. The normalized spacial score (nSPS) is 17.9. The van der Waals surface area contributed by atoms with Crippen LogP contribution >= 0.6 is 0 Å². The summed E-state index contributed by atoms with van der Waals surface area (Å²) in [5.41, 5.74) is 0.556. The van der Waals surface area contributed by atoms with Crippen LogP contribution in [-0.2, 0) is 9.53 Å². The third kappa shape index (κ3) is 4.14. The standard InChI is InChI=1S/C20H26N6O4/c1-23-5-7-24(8-6-23)17(27)14-21-16-13-22-18-15(3-2-4-26(18)20(16)29)19(28)25-9-11-30-12-10-25/h2-4,13,21H,5-12,14H2,1H3. The summed E-state index contributed by atoms with van der Waals surface area (Å²) in [6, 6.07) is 3.33. The number of fused-ring (bicyclic) bond motifs is 1. The number of rotatable bonds is 4. The first-order valence-corrected chi connectivity index (χ1v) is 10.1. The highest BCUT2D eigenvalue weighted by Gasteiger charge is 2.22. The molecule has 4 heterocycles. The molecule has 2 aliphatic rings. The maximum Gasteiger partial charge on any atom is 0.281 e. The summed E-state index contributed by atoms with van der Waals surface area (Å²) in [4.78, 5) is 48.2. The lowest BCUT2D eigenvalue weighted by molar-refractivity contribution is -0.130. The van der Waals surface area contributed by atoms with Gasteiger partial charge in [0.15, 0.2) is 5.65 Å². The number of aromatic nitrogens is 2. The number of nitrogens with one attached hydrogen (secondary N) is 1. The number of likely N-dealkylation sites (N-methyl/N-ethyl adjacent to an activating group) is 1. The van der Waals surface area contributed by atoms with Gasteiger partial charge in [0, 0.05) is 45.5 Å². The molecule has 0 aliphatic carbocycles. The van der Waals surface area contributed by atoms with Crippen LogP contribution in [0.3, 0.4) is 0 Å². The number of carbonyl (C=O) groups is 2. The number of piperazine rings is 1. The molecule has 2 fully saturated rings. The van der Waals surface area contributed by atoms with E-state index in [2.05, 4.69) is 15.2 Å². The van der Waals surface area contributed by atoms with E-state index in [9.17, 15) is 14.4 Å². The van der Waals surface area contributed by atoms with E-state index in [1.54, 1.807) is 28.1 Å². The van der Waals surface area contributed by atoms with Crippen LogP contribution in [0.2, 0.25) is 0 Å². The second kappa shape index (κ2) is 8.80. The fourth-order valence-corrected chi connectivity index (χ4v) is 3.67. The molecule has 1 N–H and O–H groups in total. The molecule has 10 heteroatoms. The van der Waals surface area contributed by atoms with E-state index < -0.39 is 0 Å². The molecule has 0 unspecified atom stereocenters. The van der Waals surface area contributed by atoms with Crippen LogP contribution in [0.1, 0.15) is 10.4 Å². The Balaban J connectivity index is 1.51. The van der Waals surface area contributed by atoms with Crippen molar-refractivity contribution in [3.8, 4) is 0 Å². The van der Waals surface area contributed by atoms with E-state index in [0.29, 0.717) is 50.6 Å². The van der Waals surface area contributed by atoms with Gasteiger partial charge < -0.3 is 24.8 Å². The smallest absolute Gasteiger partial charge is 0.281 e. The van der Waals surface area contributed by atoms with E-state index in [1.807, 2.05) is 7.05 Å². The molecule has 0 atom stereocenters. The van der Waals surface area contributed by atoms with Crippen LogP contribution in [0.15, 0.2) is 29.3 Å². The number of ether oxygens (including phenoxy) is 1. The molecular formula is C20H26N6O4. The molecule has 2 amide bonds. The van der Waals surface area contributed by atoms with Crippen LogP contribution in [0.25, 0.3) is 5.65 Å². The summed E-state index contributed by atoms with van der Waals surface area (Å²) in [6.45, 7) is 5.09. The molecule has 30 heavy (non-hydrogen) atoms. The van der Waals surface area contributed by atoms with Gasteiger partial charge >= 0.3 is 0 Å². The Kier molecular flexibility index (Phi) is 5.96. The minimum atomic E-state index is -0.345. The van der Waals surface area contributed by atoms with E-state index in [-0.39, 0.29) is 29.6 Å². The van der Waals surface area contributed by atoms with Crippen molar-refractivity contribution in [1.29, 1.82) is 0 Å². The molecule has 0 radical (unpaired) electrons. The van der Waals surface area contributed by atoms with Crippen molar-refractivity contribution < 1.29 is 14.3 Å². The minimum Gasteiger partial charge on any atom is -0.378 e. The summed E-state index contributed by atoms with van der Waals surface area (Å²) in [7, 11) is 2.03. The van der Waals surface area contributed by atoms with Crippen molar-refractivity contribution in [3.63, 3.8) is 0 Å². The SMILES string of the molecule is CN1CCN(C(=O)CNc2cnc3c(C(=O)N4CCOCC4)cccn3c2=O)CC1. The topological polar surface area (TPSA) is 99.5 Å². The van der Waals surface area contributed by atoms with Crippen molar-refractivity contribution in [2.75, 3.05) is 71.4 Å². The van der Waals surface area contributed by atoms with Gasteiger partial charge in [0.25, 0.3) is 11.5 Å². The number of hydrogen-bond donors (Lipinski definition) is 1. The van der Waals surface area contributed by atoms with Crippen LogP contribution in [0.4, 0.5) is 5.69 Å². The third-order valence-corrected chi connectivity index (χ3v) is 5.55. The molecule has 0 spiro atoms. The number of carbonyl (C=O) groups excluding carboxylic acids is 2. The van der Waals surface area contributed by atoms with E-state index >= 15 is 0 Å². The number of hydrogen-bond acceptors (Lipinski definition) is 7. The number of morpholine rings is 1. The first-order chi connectivity index (χ1) is 14.5. The summed E-state index contributed by atoms with van der Waals surface area (Å²) in [5, 5.41) is 2.91. The van der Waals surface area contributed by atoms with Crippen LogP contribution in [0, 0.1) is 0 Å². The highest BCUT2D eigenvalue weighted by molar-refractivity contribution is 5.99. The Hall–Kier alpha value is -2.98. The Labute approximate surface area is 174 Å². The first-order valence-electron chi connectivity index (χ1n) is 10.1. The first kappa shape index (κ1) is 20.3. The van der Waals surface area contributed by atoms with Gasteiger partial charge in [-0.1, -0.05) is 0 Å². The zero-order valence-electron chi connectivity index (χ0n) is 17.0. The molecule has 2 aliphatic heterocycles. The van der Waals surface area contributed by atoms with Gasteiger partial charge in [0.1, 0.15) is 5.69 Å². The zero-order chi connectivity index (χ0) is 21.1. The van der Waals surface area contributed by atoms with Gasteiger partial charge in [-0.2, -0.15) is 0 Å². The molecule has 4 rings (SSSR count). The molecule has 0 bridgehead atoms. The molecule has 2 aromatic rings. The van der Waals surface area contributed by atoms with Crippen molar-refractivity contribution in [1.82, 2.24) is 24.1 Å². The van der Waals surface area contributed by atoms with Crippen molar-refractivity contribution in [2.24, 2.45) is 0 Å². The molecule has 10 nitrogen and oxygen atoms in total. The highest BCUT2D eigenvalue weighted by atomic mass is 16.5. The molecular weight excluding hydrogens is 388 g/mol. The van der Waals surface area contributed by atoms with Gasteiger partial charge in [-0.3, -0.25) is 18.8 Å². The third-order valence-electron chi connectivity index (χ3n) is 5.55. The predicted molar refractivity (Wildman–Crippen MR) is 111 cm³/mol. The lowest BCUT2D eigenvalue weighted by atomic mass is 10.2. The Morgan fingerprint density at radius 1 is 1.10 bits per heavy atom. The summed E-state index contributed by atoms with van der Waals surface area (Å²) < 4.78 is 6.64. The lowest BCUT2D eigenvalue weighted by Gasteiger charge is -2.32. The van der Waals surface area contributed by atoms with Gasteiger partial charge in [0.05, 0.1) is 31.5 Å². The molecule has 0 saturated carbocycles. The van der Waals surface area contributed by atoms with Gasteiger partial charge in [-0.25, -0.2) is 4.98 Å². The number of pyridine rings is 1. The van der Waals surface area contributed by atoms with Crippen molar-refractivity contribution >= 4 is 23.1 Å². The second-order valence-corrected chi connectivity index (χ2v) is 7.53. The molecule has 2 aromatic heterocycles. The fourth-order valence-electron chi connectivity index (χ4n) is 3.67. The van der Waals surface area contributed by atoms with Crippen LogP contribution in [0.5, 0.6) is 0 Å². The highest BCUT2D eigenvalue weighted by Crippen LogP contribution is 2.13. The number of amides is 2. The van der Waals surface area contributed by atoms with Gasteiger partial charge in [0.2, 0.25) is 5.91 Å². The summed E-state index contributed by atoms with van der Waals surface area (Å²) in [5.74, 6) is -0.224. The molecule has 0 aromatic carbocycles. The lowest BCUT2D eigenvalue weighted by Crippen LogP contribution is -2.48. The minimum absolute atomic E-state index is 0.0269. The second-order valence-electron chi connectivity index (χ2n) is 7.53. The number of anilines is 1. The summed E-state index contributed by atoms with van der Waals surface area (Å²) >= 11 is 0. The Morgan fingerprint density at radius 3 is 2.57 bits per heavy atom. The maximum atomic E-state index is 12.9. The Morgan fingerprint density at radius 2 is 1.83 bits per heavy atom. The van der Waals surface area contributed by atoms with Gasteiger partial charge in [-0.15, -0.1) is 0 Å². The van der Waals surface area contributed by atoms with Crippen LogP contribution < -0.4 is 10.9 Å². The quantitative estimate of drug-likeness (QED) is 0.710. The maximum absolute atomic E-state index is 12.9. The molecule has 2 saturated heterocycles. The van der Waals surface area contributed by atoms with E-state index in [0.717, 1.165) is 13.1 Å². The summed E-state index contributed by atoms with van der Waals surface area (Å²) in [6.07, 6.45) is 2.97. The van der Waals surface area contributed by atoms with Crippen molar-refractivity contribution in [3.05, 3.63) is 40.4 Å². The van der Waals surface area contributed by atoms with E-state index in [1.165, 1.54) is 10.6 Å². The molecule has 160 valence electrons. The monoisotopic (exact) mass is 414 g/mol. The number of nitrogens with zero attached hydrogens (tertiary/aromatic N) is 5. The van der Waals surface area contributed by atoms with Gasteiger partial charge in [-0.05, 0) is 19.2 Å². The zero-order valence-corrected chi connectivity index (χ0v) is 17.0. The average molecular weight is 414 g/mol. The van der Waals surface area contributed by atoms with Crippen LogP contribution in [-0.4, -0.2) is 102 Å². The fraction of sp³-hybridized carbons (Fsp3) is 0.500. The predicted octanol–water partition coefficient (Wildman–Crippen LogP) is -0.647. The largest absolute Gasteiger partial charge is 0.378 e. The van der Waals surface area contributed by atoms with Crippen molar-refractivity contribution in [2.45, 2.75) is 0 Å². The average Bonchev–Trinajstić information content (AvgIpc) is 2.79. The van der Waals surface area contributed by atoms with E-state index in [4.69, 9.17) is 4.74 Å².